The lowest BCUT2D eigenvalue weighted by Gasteiger charge is -2.34. The number of hydrogen-bond donors (Lipinski definition) is 1. The van der Waals surface area contributed by atoms with E-state index in [1.807, 2.05) is 59.5 Å². The third-order valence-electron chi connectivity index (χ3n) is 4.90. The van der Waals surface area contributed by atoms with Crippen LogP contribution in [-0.2, 0) is 16.1 Å². The Morgan fingerprint density at radius 2 is 1.84 bits per heavy atom. The van der Waals surface area contributed by atoms with Gasteiger partial charge in [0.05, 0.1) is 5.92 Å². The molecule has 1 aliphatic heterocycles. The van der Waals surface area contributed by atoms with Crippen LogP contribution in [0.5, 0.6) is 0 Å². The molecular formula is C21H24N2O2. The third-order valence-corrected chi connectivity index (χ3v) is 4.90. The molecule has 2 aromatic rings. The molecule has 1 N–H and O–H groups in total. The fourth-order valence-electron chi connectivity index (χ4n) is 3.28. The molecule has 0 aliphatic carbocycles. The Kier molecular flexibility index (Phi) is 5.17. The zero-order valence-corrected chi connectivity index (χ0v) is 14.7. The summed E-state index contributed by atoms with van der Waals surface area (Å²) in [5.41, 5.74) is 2.76. The summed E-state index contributed by atoms with van der Waals surface area (Å²) >= 11 is 0. The second-order valence-corrected chi connectivity index (χ2v) is 6.60. The van der Waals surface area contributed by atoms with Crippen molar-refractivity contribution in [2.75, 3.05) is 5.32 Å². The zero-order valence-electron chi connectivity index (χ0n) is 14.7. The summed E-state index contributed by atoms with van der Waals surface area (Å²) in [6.45, 7) is 4.71. The van der Waals surface area contributed by atoms with Gasteiger partial charge in [-0.05, 0) is 30.5 Å². The first-order chi connectivity index (χ1) is 12.1. The van der Waals surface area contributed by atoms with Crippen LogP contribution in [0.25, 0.3) is 0 Å². The lowest BCUT2D eigenvalue weighted by Crippen LogP contribution is -2.42. The molecule has 0 fully saturated rings. The Hall–Kier alpha value is -2.62. The minimum Gasteiger partial charge on any atom is -0.335 e. The van der Waals surface area contributed by atoms with Gasteiger partial charge in [-0.1, -0.05) is 55.5 Å². The van der Waals surface area contributed by atoms with E-state index in [0.29, 0.717) is 6.54 Å². The number of para-hydroxylation sites is 1. The van der Waals surface area contributed by atoms with E-state index in [0.717, 1.165) is 23.2 Å². The van der Waals surface area contributed by atoms with Crippen molar-refractivity contribution in [1.29, 1.82) is 0 Å². The highest BCUT2D eigenvalue weighted by Gasteiger charge is 2.34. The second-order valence-electron chi connectivity index (χ2n) is 6.60. The van der Waals surface area contributed by atoms with Crippen LogP contribution in [0.3, 0.4) is 0 Å². The number of nitrogens with zero attached hydrogens (tertiary/aromatic N) is 1. The van der Waals surface area contributed by atoms with Crippen LogP contribution >= 0.6 is 0 Å². The Labute approximate surface area is 148 Å². The van der Waals surface area contributed by atoms with Crippen LogP contribution in [0.4, 0.5) is 5.69 Å². The molecular weight excluding hydrogens is 312 g/mol. The smallest absolute Gasteiger partial charge is 0.231 e. The van der Waals surface area contributed by atoms with E-state index in [4.69, 9.17) is 0 Å². The number of carbonyl (C=O) groups excluding carboxylic acids is 2. The Morgan fingerprint density at radius 1 is 1.16 bits per heavy atom. The minimum atomic E-state index is -0.414. The monoisotopic (exact) mass is 336 g/mol. The number of hydrogen-bond acceptors (Lipinski definition) is 2. The van der Waals surface area contributed by atoms with Gasteiger partial charge in [-0.2, -0.15) is 0 Å². The topological polar surface area (TPSA) is 49.4 Å². The van der Waals surface area contributed by atoms with Crippen LogP contribution in [0, 0.1) is 0 Å². The van der Waals surface area contributed by atoms with Gasteiger partial charge in [0.25, 0.3) is 0 Å². The van der Waals surface area contributed by atoms with Crippen LogP contribution in [0.1, 0.15) is 43.7 Å². The number of amides is 2. The van der Waals surface area contributed by atoms with Gasteiger partial charge < -0.3 is 10.2 Å². The molecule has 0 saturated heterocycles. The van der Waals surface area contributed by atoms with Gasteiger partial charge in [0, 0.05) is 24.7 Å². The molecule has 3 rings (SSSR count). The molecule has 0 saturated carbocycles. The Balaban J connectivity index is 1.91. The first kappa shape index (κ1) is 17.2. The van der Waals surface area contributed by atoms with Crippen molar-refractivity contribution in [2.24, 2.45) is 0 Å². The van der Waals surface area contributed by atoms with E-state index in [-0.39, 0.29) is 24.3 Å². The highest BCUT2D eigenvalue weighted by atomic mass is 16.2. The highest BCUT2D eigenvalue weighted by molar-refractivity contribution is 6.01. The molecule has 25 heavy (non-hydrogen) atoms. The molecule has 130 valence electrons. The quantitative estimate of drug-likeness (QED) is 0.899. The van der Waals surface area contributed by atoms with Crippen LogP contribution in [-0.4, -0.2) is 22.8 Å². The van der Waals surface area contributed by atoms with Crippen molar-refractivity contribution < 1.29 is 9.59 Å². The van der Waals surface area contributed by atoms with E-state index < -0.39 is 5.92 Å². The average Bonchev–Trinajstić information content (AvgIpc) is 2.65. The van der Waals surface area contributed by atoms with E-state index in [1.165, 1.54) is 0 Å². The first-order valence-electron chi connectivity index (χ1n) is 8.83. The van der Waals surface area contributed by atoms with Crippen molar-refractivity contribution in [3.8, 4) is 0 Å². The van der Waals surface area contributed by atoms with Crippen molar-refractivity contribution in [2.45, 2.75) is 45.2 Å². The summed E-state index contributed by atoms with van der Waals surface area (Å²) in [5, 5.41) is 2.87. The summed E-state index contributed by atoms with van der Waals surface area (Å²) in [4.78, 5) is 27.3. The highest BCUT2D eigenvalue weighted by Crippen LogP contribution is 2.34. The van der Waals surface area contributed by atoms with Crippen LogP contribution in [0.2, 0.25) is 0 Å². The van der Waals surface area contributed by atoms with Gasteiger partial charge in [-0.25, -0.2) is 0 Å². The largest absolute Gasteiger partial charge is 0.335 e. The number of rotatable bonds is 5. The molecule has 1 heterocycles. The molecule has 0 radical (unpaired) electrons. The standard InChI is InChI=1S/C21H24N2O2/c1-3-15(2)23(14-16-9-5-4-6-10-16)21(25)18-13-20(24)22-19-12-8-7-11-17(18)19/h4-12,15,18H,3,13-14H2,1-2H3,(H,22,24). The van der Waals surface area contributed by atoms with Gasteiger partial charge in [0.1, 0.15) is 0 Å². The summed E-state index contributed by atoms with van der Waals surface area (Å²) < 4.78 is 0. The summed E-state index contributed by atoms with van der Waals surface area (Å²) in [6, 6.07) is 17.7. The number of carbonyl (C=O) groups is 2. The summed E-state index contributed by atoms with van der Waals surface area (Å²) in [7, 11) is 0. The predicted molar refractivity (Wildman–Crippen MR) is 99.2 cm³/mol. The number of benzene rings is 2. The van der Waals surface area contributed by atoms with E-state index >= 15 is 0 Å². The van der Waals surface area contributed by atoms with Crippen molar-refractivity contribution in [3.05, 3.63) is 65.7 Å². The number of nitrogens with one attached hydrogen (secondary N) is 1. The van der Waals surface area contributed by atoms with E-state index in [9.17, 15) is 9.59 Å². The van der Waals surface area contributed by atoms with Gasteiger partial charge in [0.15, 0.2) is 0 Å². The number of fused-ring (bicyclic) bond motifs is 1. The molecule has 2 atom stereocenters. The normalized spacial score (nSPS) is 17.4. The van der Waals surface area contributed by atoms with Gasteiger partial charge in [0.2, 0.25) is 11.8 Å². The summed E-state index contributed by atoms with van der Waals surface area (Å²) in [5.74, 6) is -0.482. The van der Waals surface area contributed by atoms with Crippen molar-refractivity contribution in [3.63, 3.8) is 0 Å². The molecule has 0 spiro atoms. The predicted octanol–water partition coefficient (Wildman–Crippen LogP) is 3.94. The second kappa shape index (κ2) is 7.51. The zero-order chi connectivity index (χ0) is 17.8. The molecule has 1 aliphatic rings. The fourth-order valence-corrected chi connectivity index (χ4v) is 3.28. The SMILES string of the molecule is CCC(C)N(Cc1ccccc1)C(=O)C1CC(=O)Nc2ccccc21. The molecule has 0 aromatic heterocycles. The van der Waals surface area contributed by atoms with Gasteiger partial charge in [-0.3, -0.25) is 9.59 Å². The van der Waals surface area contributed by atoms with E-state index in [1.54, 1.807) is 0 Å². The van der Waals surface area contributed by atoms with Crippen LogP contribution in [0.15, 0.2) is 54.6 Å². The Bertz CT molecular complexity index is 758. The lowest BCUT2D eigenvalue weighted by molar-refractivity contribution is -0.137. The fraction of sp³-hybridized carbons (Fsp3) is 0.333. The van der Waals surface area contributed by atoms with Crippen molar-refractivity contribution >= 4 is 17.5 Å². The molecule has 2 amide bonds. The summed E-state index contributed by atoms with van der Waals surface area (Å²) in [6.07, 6.45) is 1.08. The van der Waals surface area contributed by atoms with E-state index in [2.05, 4.69) is 19.2 Å². The molecule has 4 nitrogen and oxygen atoms in total. The van der Waals surface area contributed by atoms with Crippen molar-refractivity contribution in [1.82, 2.24) is 4.90 Å². The van der Waals surface area contributed by atoms with Gasteiger partial charge in [-0.15, -0.1) is 0 Å². The molecule has 0 bridgehead atoms. The number of anilines is 1. The minimum absolute atomic E-state index is 0.0282. The molecule has 2 unspecified atom stereocenters. The average molecular weight is 336 g/mol. The van der Waals surface area contributed by atoms with Gasteiger partial charge >= 0.3 is 0 Å². The first-order valence-corrected chi connectivity index (χ1v) is 8.83. The lowest BCUT2D eigenvalue weighted by atomic mass is 9.88. The maximum absolute atomic E-state index is 13.4. The third kappa shape index (κ3) is 3.73. The van der Waals surface area contributed by atoms with Crippen LogP contribution < -0.4 is 5.32 Å². The molecule has 2 aromatic carbocycles. The maximum Gasteiger partial charge on any atom is 0.231 e. The Morgan fingerprint density at radius 3 is 2.56 bits per heavy atom. The molecule has 4 heteroatoms. The maximum atomic E-state index is 13.4.